The molecule has 0 bridgehead atoms. The summed E-state index contributed by atoms with van der Waals surface area (Å²) in [5, 5.41) is 1.72. The Labute approximate surface area is 115 Å². The number of hydrogen-bond acceptors (Lipinski definition) is 2. The monoisotopic (exact) mass is 292 g/mol. The molecule has 0 aromatic heterocycles. The summed E-state index contributed by atoms with van der Waals surface area (Å²) < 4.78 is 38.9. The number of halogens is 4. The van der Waals surface area contributed by atoms with E-state index in [9.17, 15) is 13.2 Å². The number of nitrogens with zero attached hydrogens (tertiary/aromatic N) is 1. The van der Waals surface area contributed by atoms with Gasteiger partial charge in [-0.2, -0.15) is 13.2 Å². The zero-order valence-electron chi connectivity index (χ0n) is 11.0. The van der Waals surface area contributed by atoms with Gasteiger partial charge in [0.2, 0.25) is 0 Å². The van der Waals surface area contributed by atoms with Gasteiger partial charge in [-0.25, -0.2) is 5.43 Å². The quantitative estimate of drug-likeness (QED) is 0.836. The molecule has 0 saturated carbocycles. The van der Waals surface area contributed by atoms with Crippen LogP contribution in [0.25, 0.3) is 0 Å². The number of benzene rings is 1. The molecule has 0 aliphatic rings. The summed E-state index contributed by atoms with van der Waals surface area (Å²) in [5.41, 5.74) is 3.02. The lowest BCUT2D eigenvalue weighted by atomic mass is 10.1. The zero-order valence-corrected chi connectivity index (χ0v) is 11.7. The van der Waals surface area contributed by atoms with Crippen LogP contribution in [0, 0.1) is 0 Å². The molecule has 6 heteroatoms. The van der Waals surface area contributed by atoms with Crippen LogP contribution in [0.5, 0.6) is 0 Å². The van der Waals surface area contributed by atoms with E-state index in [1.54, 1.807) is 25.1 Å². The summed E-state index contributed by atoms with van der Waals surface area (Å²) in [7, 11) is 1.65. The van der Waals surface area contributed by atoms with Crippen molar-refractivity contribution in [3.8, 4) is 0 Å². The second-order valence-corrected chi connectivity index (χ2v) is 4.41. The molecule has 0 aliphatic carbocycles. The summed E-state index contributed by atoms with van der Waals surface area (Å²) >= 11 is 5.91. The van der Waals surface area contributed by atoms with Gasteiger partial charge < -0.3 is 5.01 Å². The highest BCUT2D eigenvalue weighted by Gasteiger charge is 2.34. The van der Waals surface area contributed by atoms with Crippen molar-refractivity contribution in [3.63, 3.8) is 0 Å². The van der Waals surface area contributed by atoms with Gasteiger partial charge in [-0.05, 0) is 26.0 Å². The fourth-order valence-corrected chi connectivity index (χ4v) is 1.91. The lowest BCUT2D eigenvalue weighted by Gasteiger charge is -2.26. The van der Waals surface area contributed by atoms with Crippen LogP contribution in [0.4, 0.5) is 13.2 Å². The minimum Gasteiger partial charge on any atom is -0.309 e. The minimum absolute atomic E-state index is 0.0428. The number of alkyl halides is 3. The predicted molar refractivity (Wildman–Crippen MR) is 70.5 cm³/mol. The first-order valence-electron chi connectivity index (χ1n) is 5.73. The van der Waals surface area contributed by atoms with E-state index in [1.807, 2.05) is 6.92 Å². The second-order valence-electron chi connectivity index (χ2n) is 4.00. The van der Waals surface area contributed by atoms with Crippen molar-refractivity contribution >= 4 is 11.6 Å². The molecule has 0 unspecified atom stereocenters. The Morgan fingerprint density at radius 3 is 2.53 bits per heavy atom. The molecule has 1 rings (SSSR count). The van der Waals surface area contributed by atoms with Crippen molar-refractivity contribution < 1.29 is 13.2 Å². The minimum atomic E-state index is -4.41. The van der Waals surface area contributed by atoms with Crippen molar-refractivity contribution in [2.24, 2.45) is 0 Å². The Hall–Kier alpha value is -1.20. The number of nitrogens with one attached hydrogen (secondary N) is 1. The number of rotatable bonds is 4. The van der Waals surface area contributed by atoms with Crippen LogP contribution in [0.3, 0.4) is 0 Å². The van der Waals surface area contributed by atoms with Gasteiger partial charge in [0.05, 0.1) is 12.1 Å². The van der Waals surface area contributed by atoms with Crippen LogP contribution in [0.15, 0.2) is 30.0 Å². The summed E-state index contributed by atoms with van der Waals surface area (Å²) in [6.45, 7) is 3.67. The van der Waals surface area contributed by atoms with Crippen LogP contribution in [-0.2, 0) is 12.7 Å². The number of hydrazine groups is 1. The Kier molecular flexibility index (Phi) is 5.26. The number of allylic oxidation sites excluding steroid dienone is 2. The summed E-state index contributed by atoms with van der Waals surface area (Å²) in [6, 6.07) is 3.81. The molecule has 0 fully saturated rings. The van der Waals surface area contributed by atoms with Gasteiger partial charge in [0.15, 0.2) is 0 Å². The van der Waals surface area contributed by atoms with Crippen LogP contribution >= 0.6 is 11.6 Å². The fourth-order valence-electron chi connectivity index (χ4n) is 1.68. The molecule has 0 spiro atoms. The third-order valence-electron chi connectivity index (χ3n) is 2.85. The zero-order chi connectivity index (χ0) is 14.6. The van der Waals surface area contributed by atoms with Gasteiger partial charge in [-0.1, -0.05) is 23.7 Å². The molecule has 1 aromatic carbocycles. The first kappa shape index (κ1) is 15.9. The first-order valence-corrected chi connectivity index (χ1v) is 6.11. The molecule has 19 heavy (non-hydrogen) atoms. The second kappa shape index (κ2) is 6.30. The van der Waals surface area contributed by atoms with Gasteiger partial charge in [-0.3, -0.25) is 0 Å². The van der Waals surface area contributed by atoms with E-state index < -0.39 is 11.7 Å². The molecule has 0 aliphatic heterocycles. The highest BCUT2D eigenvalue weighted by atomic mass is 35.5. The van der Waals surface area contributed by atoms with E-state index in [1.165, 1.54) is 12.1 Å². The average Bonchev–Trinajstić information content (AvgIpc) is 2.35. The summed E-state index contributed by atoms with van der Waals surface area (Å²) in [6.07, 6.45) is -2.61. The lowest BCUT2D eigenvalue weighted by molar-refractivity contribution is -0.138. The van der Waals surface area contributed by atoms with E-state index in [2.05, 4.69) is 5.43 Å². The Morgan fingerprint density at radius 1 is 1.42 bits per heavy atom. The maximum Gasteiger partial charge on any atom is 0.416 e. The Morgan fingerprint density at radius 2 is 2.05 bits per heavy atom. The van der Waals surface area contributed by atoms with Crippen LogP contribution in [0.1, 0.15) is 25.0 Å². The van der Waals surface area contributed by atoms with Crippen molar-refractivity contribution in [2.75, 3.05) is 7.05 Å². The summed E-state index contributed by atoms with van der Waals surface area (Å²) in [4.78, 5) is 0. The molecule has 2 nitrogen and oxygen atoms in total. The van der Waals surface area contributed by atoms with E-state index >= 15 is 0 Å². The smallest absolute Gasteiger partial charge is 0.309 e. The standard InChI is InChI=1S/C13H16ClF3N2/c1-4-9(2)19(18-3)8-10-11(13(15,16)17)6-5-7-12(10)14/h4-7,18H,8H2,1-3H3/b9-4+. The maximum absolute atomic E-state index is 13.0. The van der Waals surface area contributed by atoms with Gasteiger partial charge in [0, 0.05) is 23.3 Å². The maximum atomic E-state index is 13.0. The third-order valence-corrected chi connectivity index (χ3v) is 3.21. The Balaban J connectivity index is 3.19. The van der Waals surface area contributed by atoms with Crippen LogP contribution in [-0.4, -0.2) is 12.1 Å². The van der Waals surface area contributed by atoms with Gasteiger partial charge in [-0.15, -0.1) is 0 Å². The highest BCUT2D eigenvalue weighted by Crippen LogP contribution is 2.35. The molecule has 0 amide bonds. The first-order chi connectivity index (χ1) is 8.81. The molecular weight excluding hydrogens is 277 g/mol. The molecular formula is C13H16ClF3N2. The third kappa shape index (κ3) is 3.88. The van der Waals surface area contributed by atoms with E-state index in [4.69, 9.17) is 11.6 Å². The van der Waals surface area contributed by atoms with Gasteiger partial charge >= 0.3 is 6.18 Å². The predicted octanol–water partition coefficient (Wildman–Crippen LogP) is 4.22. The average molecular weight is 293 g/mol. The fraction of sp³-hybridized carbons (Fsp3) is 0.385. The molecule has 0 heterocycles. The molecule has 106 valence electrons. The normalized spacial score (nSPS) is 12.7. The van der Waals surface area contributed by atoms with E-state index in [0.717, 1.165) is 11.8 Å². The molecule has 1 N–H and O–H groups in total. The SMILES string of the molecule is C/C=C(\C)N(Cc1c(Cl)cccc1C(F)(F)F)NC. The topological polar surface area (TPSA) is 15.3 Å². The summed E-state index contributed by atoms with van der Waals surface area (Å²) in [5.74, 6) is 0. The van der Waals surface area contributed by atoms with Gasteiger partial charge in [0.25, 0.3) is 0 Å². The molecule has 0 radical (unpaired) electrons. The van der Waals surface area contributed by atoms with Crippen molar-refractivity contribution in [3.05, 3.63) is 46.1 Å². The molecule has 0 atom stereocenters. The number of hydrogen-bond donors (Lipinski definition) is 1. The van der Waals surface area contributed by atoms with Crippen LogP contribution in [0.2, 0.25) is 5.02 Å². The van der Waals surface area contributed by atoms with Crippen molar-refractivity contribution in [1.82, 2.24) is 10.4 Å². The molecule has 0 saturated heterocycles. The van der Waals surface area contributed by atoms with Gasteiger partial charge in [0.1, 0.15) is 0 Å². The van der Waals surface area contributed by atoms with E-state index in [0.29, 0.717) is 0 Å². The highest BCUT2D eigenvalue weighted by molar-refractivity contribution is 6.31. The van der Waals surface area contributed by atoms with E-state index in [-0.39, 0.29) is 17.1 Å². The molecule has 1 aromatic rings. The van der Waals surface area contributed by atoms with Crippen LogP contribution < -0.4 is 5.43 Å². The Bertz CT molecular complexity index is 469. The van der Waals surface area contributed by atoms with Crippen molar-refractivity contribution in [2.45, 2.75) is 26.6 Å². The van der Waals surface area contributed by atoms with Crippen molar-refractivity contribution in [1.29, 1.82) is 0 Å². The lowest BCUT2D eigenvalue weighted by Crippen LogP contribution is -2.33. The largest absolute Gasteiger partial charge is 0.416 e.